The molecule has 1 aliphatic rings. The Morgan fingerprint density at radius 3 is 2.48 bits per heavy atom. The van der Waals surface area contributed by atoms with E-state index in [9.17, 15) is 13.6 Å². The topological polar surface area (TPSA) is 35.6 Å². The third-order valence-electron chi connectivity index (χ3n) is 3.78. The van der Waals surface area contributed by atoms with Gasteiger partial charge in [-0.15, -0.1) is 0 Å². The highest BCUT2D eigenvalue weighted by atomic mass is 19.1. The largest absolute Gasteiger partial charge is 0.377 e. The van der Waals surface area contributed by atoms with E-state index >= 15 is 0 Å². The van der Waals surface area contributed by atoms with Crippen LogP contribution >= 0.6 is 0 Å². The lowest BCUT2D eigenvalue weighted by atomic mass is 10.0. The van der Waals surface area contributed by atoms with Crippen molar-refractivity contribution < 1.29 is 13.6 Å². The van der Waals surface area contributed by atoms with Gasteiger partial charge in [-0.1, -0.05) is 6.07 Å². The minimum atomic E-state index is -0.579. The van der Waals surface area contributed by atoms with Gasteiger partial charge in [-0.25, -0.2) is 13.6 Å². The van der Waals surface area contributed by atoms with Crippen LogP contribution in [0, 0.1) is 18.6 Å². The average molecular weight is 297 g/mol. The molecule has 4 nitrogen and oxygen atoms in total. The van der Waals surface area contributed by atoms with Gasteiger partial charge in [-0.2, -0.15) is 0 Å². The number of benzene rings is 1. The lowest BCUT2D eigenvalue weighted by Crippen LogP contribution is -2.46. The molecule has 0 unspecified atom stereocenters. The van der Waals surface area contributed by atoms with Crippen LogP contribution in [-0.2, 0) is 0 Å². The monoisotopic (exact) mass is 297 g/mol. The highest BCUT2D eigenvalue weighted by Gasteiger charge is 2.25. The summed E-state index contributed by atoms with van der Waals surface area (Å²) < 4.78 is 27.7. The standard InChI is InChI=1S/C15H21F2N3O/c1-10-4-5-12(16)14(13(10)17)18-11-6-8-20(9-7-11)15(21)19(2)3/h4-5,11,18H,6-9H2,1-3H3. The van der Waals surface area contributed by atoms with E-state index in [0.29, 0.717) is 31.5 Å². The van der Waals surface area contributed by atoms with Crippen molar-refractivity contribution in [2.75, 3.05) is 32.5 Å². The predicted octanol–water partition coefficient (Wildman–Crippen LogP) is 2.83. The zero-order chi connectivity index (χ0) is 15.6. The number of likely N-dealkylation sites (tertiary alicyclic amines) is 1. The van der Waals surface area contributed by atoms with Crippen LogP contribution in [0.4, 0.5) is 19.3 Å². The summed E-state index contributed by atoms with van der Waals surface area (Å²) in [6, 6.07) is 2.64. The number of carbonyl (C=O) groups excluding carboxylic acids is 1. The lowest BCUT2D eigenvalue weighted by molar-refractivity contribution is 0.158. The number of hydrogen-bond donors (Lipinski definition) is 1. The molecule has 116 valence electrons. The Labute approximate surface area is 123 Å². The molecule has 1 heterocycles. The molecule has 1 aliphatic heterocycles. The molecule has 21 heavy (non-hydrogen) atoms. The highest BCUT2D eigenvalue weighted by molar-refractivity contribution is 5.73. The molecule has 1 saturated heterocycles. The summed E-state index contributed by atoms with van der Waals surface area (Å²) in [5.74, 6) is -1.12. The van der Waals surface area contributed by atoms with E-state index in [-0.39, 0.29) is 17.8 Å². The van der Waals surface area contributed by atoms with Crippen molar-refractivity contribution in [2.45, 2.75) is 25.8 Å². The summed E-state index contributed by atoms with van der Waals surface area (Å²) in [6.07, 6.45) is 1.35. The van der Waals surface area contributed by atoms with E-state index in [1.807, 2.05) is 0 Å². The number of carbonyl (C=O) groups is 1. The zero-order valence-corrected chi connectivity index (χ0v) is 12.6. The van der Waals surface area contributed by atoms with E-state index in [4.69, 9.17) is 0 Å². The molecule has 0 radical (unpaired) electrons. The van der Waals surface area contributed by atoms with Crippen LogP contribution in [0.15, 0.2) is 12.1 Å². The Morgan fingerprint density at radius 2 is 1.90 bits per heavy atom. The van der Waals surface area contributed by atoms with Gasteiger partial charge in [-0.05, 0) is 31.4 Å². The molecule has 0 spiro atoms. The SMILES string of the molecule is Cc1ccc(F)c(NC2CCN(C(=O)N(C)C)CC2)c1F. The maximum Gasteiger partial charge on any atom is 0.319 e. The van der Waals surface area contributed by atoms with Crippen LogP contribution in [0.5, 0.6) is 0 Å². The number of nitrogens with one attached hydrogen (secondary N) is 1. The van der Waals surface area contributed by atoms with Crippen molar-refractivity contribution in [1.82, 2.24) is 9.80 Å². The predicted molar refractivity (Wildman–Crippen MR) is 78.4 cm³/mol. The number of halogens is 2. The first kappa shape index (κ1) is 15.5. The van der Waals surface area contributed by atoms with Crippen LogP contribution < -0.4 is 5.32 Å². The van der Waals surface area contributed by atoms with Gasteiger partial charge in [0.15, 0.2) is 5.82 Å². The first-order valence-corrected chi connectivity index (χ1v) is 7.07. The second-order valence-electron chi connectivity index (χ2n) is 5.64. The van der Waals surface area contributed by atoms with Crippen molar-refractivity contribution in [3.63, 3.8) is 0 Å². The molecule has 1 N–H and O–H groups in total. The van der Waals surface area contributed by atoms with Gasteiger partial charge in [0.1, 0.15) is 11.5 Å². The van der Waals surface area contributed by atoms with Crippen molar-refractivity contribution in [3.8, 4) is 0 Å². The number of nitrogens with zero attached hydrogens (tertiary/aromatic N) is 2. The summed E-state index contributed by atoms with van der Waals surface area (Å²) in [4.78, 5) is 15.1. The quantitative estimate of drug-likeness (QED) is 0.911. The molecule has 1 fully saturated rings. The molecular formula is C15H21F2N3O. The van der Waals surface area contributed by atoms with Gasteiger partial charge in [0, 0.05) is 33.2 Å². The molecule has 2 rings (SSSR count). The number of aryl methyl sites for hydroxylation is 1. The summed E-state index contributed by atoms with van der Waals surface area (Å²) in [7, 11) is 3.42. The second-order valence-corrected chi connectivity index (χ2v) is 5.64. The fraction of sp³-hybridized carbons (Fsp3) is 0.533. The molecule has 0 bridgehead atoms. The number of hydrogen-bond acceptors (Lipinski definition) is 2. The lowest BCUT2D eigenvalue weighted by Gasteiger charge is -2.34. The Balaban J connectivity index is 1.98. The molecule has 0 aromatic heterocycles. The van der Waals surface area contributed by atoms with Crippen LogP contribution in [-0.4, -0.2) is 49.1 Å². The third-order valence-corrected chi connectivity index (χ3v) is 3.78. The van der Waals surface area contributed by atoms with Gasteiger partial charge in [0.05, 0.1) is 0 Å². The van der Waals surface area contributed by atoms with E-state index < -0.39 is 11.6 Å². The van der Waals surface area contributed by atoms with Gasteiger partial charge in [0.25, 0.3) is 0 Å². The smallest absolute Gasteiger partial charge is 0.319 e. The molecule has 0 aliphatic carbocycles. The minimum absolute atomic E-state index is 0.0259. The summed E-state index contributed by atoms with van der Waals surface area (Å²) in [5, 5.41) is 2.95. The van der Waals surface area contributed by atoms with Gasteiger partial charge in [-0.3, -0.25) is 0 Å². The molecule has 0 saturated carbocycles. The molecule has 1 aromatic carbocycles. The van der Waals surface area contributed by atoms with Crippen molar-refractivity contribution in [1.29, 1.82) is 0 Å². The normalized spacial score (nSPS) is 16.0. The maximum atomic E-state index is 14.0. The third kappa shape index (κ3) is 3.43. The fourth-order valence-electron chi connectivity index (χ4n) is 2.49. The number of urea groups is 1. The summed E-state index contributed by atoms with van der Waals surface area (Å²) in [5.41, 5.74) is 0.353. The maximum absolute atomic E-state index is 14.0. The van der Waals surface area contributed by atoms with Crippen LogP contribution in [0.3, 0.4) is 0 Å². The molecule has 2 amide bonds. The average Bonchev–Trinajstić information content (AvgIpc) is 2.47. The Bertz CT molecular complexity index is 526. The van der Waals surface area contributed by atoms with E-state index in [1.165, 1.54) is 17.0 Å². The van der Waals surface area contributed by atoms with Crippen molar-refractivity contribution >= 4 is 11.7 Å². The first-order chi connectivity index (χ1) is 9.90. The highest BCUT2D eigenvalue weighted by Crippen LogP contribution is 2.25. The second kappa shape index (κ2) is 6.28. The Kier molecular flexibility index (Phi) is 4.65. The van der Waals surface area contributed by atoms with Gasteiger partial charge in [0.2, 0.25) is 0 Å². The Morgan fingerprint density at radius 1 is 1.29 bits per heavy atom. The van der Waals surface area contributed by atoms with Crippen LogP contribution in [0.1, 0.15) is 18.4 Å². The van der Waals surface area contributed by atoms with E-state index in [0.717, 1.165) is 0 Å². The summed E-state index contributed by atoms with van der Waals surface area (Å²) >= 11 is 0. The minimum Gasteiger partial charge on any atom is -0.377 e. The number of anilines is 1. The zero-order valence-electron chi connectivity index (χ0n) is 12.6. The molecule has 6 heteroatoms. The van der Waals surface area contributed by atoms with Crippen molar-refractivity contribution in [3.05, 3.63) is 29.3 Å². The number of piperidine rings is 1. The van der Waals surface area contributed by atoms with Crippen LogP contribution in [0.2, 0.25) is 0 Å². The van der Waals surface area contributed by atoms with E-state index in [2.05, 4.69) is 5.32 Å². The molecule has 0 atom stereocenters. The Hall–Kier alpha value is -1.85. The van der Waals surface area contributed by atoms with Gasteiger partial charge >= 0.3 is 6.03 Å². The fourth-order valence-corrected chi connectivity index (χ4v) is 2.49. The number of rotatable bonds is 2. The molecule has 1 aromatic rings. The number of amides is 2. The van der Waals surface area contributed by atoms with Gasteiger partial charge < -0.3 is 15.1 Å². The van der Waals surface area contributed by atoms with Crippen molar-refractivity contribution in [2.24, 2.45) is 0 Å². The summed E-state index contributed by atoms with van der Waals surface area (Å²) in [6.45, 7) is 2.78. The first-order valence-electron chi connectivity index (χ1n) is 7.07. The van der Waals surface area contributed by atoms with E-state index in [1.54, 1.807) is 25.9 Å². The van der Waals surface area contributed by atoms with Crippen LogP contribution in [0.25, 0.3) is 0 Å². The molecular weight excluding hydrogens is 276 g/mol.